The van der Waals surface area contributed by atoms with Crippen LogP contribution in [-0.2, 0) is 0 Å². The lowest BCUT2D eigenvalue weighted by Crippen LogP contribution is -2.79. The summed E-state index contributed by atoms with van der Waals surface area (Å²) in [5, 5.41) is 2.36. The summed E-state index contributed by atoms with van der Waals surface area (Å²) in [5.74, 6) is -2.21. The standard InChI is InChI=1S/C8H6F2N2O2/c9-6-1-5(2-7(10)3-6)8(13)4-11-12-14/h1-3H,4H2,(H,11,14)/p+1. The molecule has 0 saturated carbocycles. The average Bonchev–Trinajstić information content (AvgIpc) is 2.12. The van der Waals surface area contributed by atoms with Crippen LogP contribution in [-0.4, -0.2) is 12.3 Å². The molecule has 0 heterocycles. The Balaban J connectivity index is 2.84. The van der Waals surface area contributed by atoms with Crippen molar-refractivity contribution in [3.05, 3.63) is 40.3 Å². The maximum Gasteiger partial charge on any atom is 0.219 e. The number of nitrogens with zero attached hydrogens (tertiary/aromatic N) is 1. The van der Waals surface area contributed by atoms with Crippen molar-refractivity contribution in [2.75, 3.05) is 6.54 Å². The van der Waals surface area contributed by atoms with Gasteiger partial charge < -0.3 is 0 Å². The summed E-state index contributed by atoms with van der Waals surface area (Å²) in [6.45, 7) is -0.258. The van der Waals surface area contributed by atoms with Crippen molar-refractivity contribution < 1.29 is 19.0 Å². The number of halogens is 2. The van der Waals surface area contributed by atoms with E-state index in [-0.39, 0.29) is 12.1 Å². The lowest BCUT2D eigenvalue weighted by Gasteiger charge is -1.97. The van der Waals surface area contributed by atoms with E-state index in [9.17, 15) is 18.5 Å². The summed E-state index contributed by atoms with van der Waals surface area (Å²) < 4.78 is 25.2. The third-order valence-corrected chi connectivity index (χ3v) is 1.54. The fourth-order valence-corrected chi connectivity index (χ4v) is 0.953. The Morgan fingerprint density at radius 2 is 1.86 bits per heavy atom. The molecule has 0 spiro atoms. The van der Waals surface area contributed by atoms with Crippen molar-refractivity contribution >= 4 is 5.78 Å². The minimum atomic E-state index is -0.826. The van der Waals surface area contributed by atoms with Gasteiger partial charge >= 0.3 is 0 Å². The molecule has 14 heavy (non-hydrogen) atoms. The molecular weight excluding hydrogens is 194 g/mol. The Bertz CT molecular complexity index is 348. The molecule has 2 N–H and O–H groups in total. The topological polar surface area (TPSA) is 63.1 Å². The highest BCUT2D eigenvalue weighted by molar-refractivity contribution is 5.96. The minimum Gasteiger partial charge on any atom is -0.288 e. The Kier molecular flexibility index (Phi) is 3.35. The fourth-order valence-electron chi connectivity index (χ4n) is 0.953. The molecule has 0 amide bonds. The molecule has 0 aliphatic carbocycles. The molecule has 6 heteroatoms. The molecule has 0 aliphatic rings. The molecular formula is C8H7F2N2O2+. The van der Waals surface area contributed by atoms with Crippen LogP contribution in [0, 0.1) is 16.5 Å². The second kappa shape index (κ2) is 4.52. The van der Waals surface area contributed by atoms with Gasteiger partial charge in [0, 0.05) is 11.6 Å². The highest BCUT2D eigenvalue weighted by Gasteiger charge is 2.10. The van der Waals surface area contributed by atoms with Crippen molar-refractivity contribution in [3.63, 3.8) is 0 Å². The van der Waals surface area contributed by atoms with E-state index in [1.807, 2.05) is 0 Å². The molecule has 0 fully saturated rings. The molecule has 0 unspecified atom stereocenters. The van der Waals surface area contributed by atoms with Crippen molar-refractivity contribution in [2.45, 2.75) is 0 Å². The summed E-state index contributed by atoms with van der Waals surface area (Å²) in [4.78, 5) is 20.8. The predicted octanol–water partition coefficient (Wildman–Crippen LogP) is 0.392. The lowest BCUT2D eigenvalue weighted by atomic mass is 10.1. The van der Waals surface area contributed by atoms with Gasteiger partial charge in [-0.3, -0.25) is 4.79 Å². The number of carbonyl (C=O) groups is 1. The van der Waals surface area contributed by atoms with Crippen LogP contribution in [0.15, 0.2) is 23.5 Å². The summed E-state index contributed by atoms with van der Waals surface area (Å²) in [6, 6.07) is 2.48. The highest BCUT2D eigenvalue weighted by Crippen LogP contribution is 2.07. The zero-order valence-electron chi connectivity index (χ0n) is 7.04. The van der Waals surface area contributed by atoms with E-state index in [4.69, 9.17) is 0 Å². The third kappa shape index (κ3) is 2.67. The van der Waals surface area contributed by atoms with Crippen LogP contribution >= 0.6 is 0 Å². The van der Waals surface area contributed by atoms with Gasteiger partial charge in [-0.1, -0.05) is 4.91 Å². The number of rotatable bonds is 4. The molecule has 4 nitrogen and oxygen atoms in total. The van der Waals surface area contributed by atoms with Crippen LogP contribution in [0.2, 0.25) is 0 Å². The number of quaternary nitrogens is 1. The number of nitrogens with two attached hydrogens (primary N) is 1. The number of hydrogen-bond acceptors (Lipinski definition) is 3. The molecule has 0 atom stereocenters. The van der Waals surface area contributed by atoms with E-state index >= 15 is 0 Å². The number of Topliss-reactive ketones (excluding diaryl/α,β-unsaturated/α-hetero) is 1. The number of ketones is 1. The summed E-state index contributed by atoms with van der Waals surface area (Å²) >= 11 is 0. The van der Waals surface area contributed by atoms with Crippen molar-refractivity contribution in [3.8, 4) is 0 Å². The molecule has 0 aliphatic heterocycles. The van der Waals surface area contributed by atoms with E-state index < -0.39 is 17.4 Å². The summed E-state index contributed by atoms with van der Waals surface area (Å²) in [5.41, 5.74) is 0.730. The quantitative estimate of drug-likeness (QED) is 0.331. The monoisotopic (exact) mass is 201 g/mol. The van der Waals surface area contributed by atoms with Crippen LogP contribution in [0.1, 0.15) is 10.4 Å². The normalized spacial score (nSPS) is 9.86. The first kappa shape index (κ1) is 10.4. The van der Waals surface area contributed by atoms with Gasteiger partial charge in [0.2, 0.25) is 5.78 Å². The van der Waals surface area contributed by atoms with Gasteiger partial charge in [0.1, 0.15) is 16.9 Å². The Hall–Kier alpha value is -1.69. The molecule has 1 rings (SSSR count). The average molecular weight is 201 g/mol. The van der Waals surface area contributed by atoms with Crippen molar-refractivity contribution in [1.29, 1.82) is 0 Å². The van der Waals surface area contributed by atoms with Crippen molar-refractivity contribution in [2.24, 2.45) is 5.29 Å². The molecule has 74 valence electrons. The molecule has 0 radical (unpaired) electrons. The van der Waals surface area contributed by atoms with Crippen LogP contribution in [0.4, 0.5) is 8.78 Å². The fraction of sp³-hybridized carbons (Fsp3) is 0.125. The van der Waals surface area contributed by atoms with Gasteiger partial charge in [0.05, 0.1) is 0 Å². The smallest absolute Gasteiger partial charge is 0.219 e. The number of hydrogen-bond donors (Lipinski definition) is 1. The molecule has 0 bridgehead atoms. The summed E-state index contributed by atoms with van der Waals surface area (Å²) in [6.07, 6.45) is 0. The third-order valence-electron chi connectivity index (χ3n) is 1.54. The number of benzene rings is 1. The van der Waals surface area contributed by atoms with E-state index in [0.717, 1.165) is 17.6 Å². The molecule has 1 aromatic carbocycles. The van der Waals surface area contributed by atoms with E-state index in [2.05, 4.69) is 5.29 Å². The number of nitroso groups, excluding NO2 is 1. The Morgan fingerprint density at radius 3 is 2.36 bits per heavy atom. The van der Waals surface area contributed by atoms with Gasteiger partial charge in [-0.05, 0) is 12.1 Å². The van der Waals surface area contributed by atoms with E-state index in [1.165, 1.54) is 0 Å². The first-order chi connectivity index (χ1) is 6.63. The molecule has 0 aromatic heterocycles. The van der Waals surface area contributed by atoms with Crippen molar-refractivity contribution in [1.82, 2.24) is 0 Å². The van der Waals surface area contributed by atoms with E-state index in [1.54, 1.807) is 0 Å². The molecule has 1 aromatic rings. The van der Waals surface area contributed by atoms with Gasteiger partial charge in [-0.15, -0.1) is 0 Å². The zero-order valence-corrected chi connectivity index (χ0v) is 7.04. The van der Waals surface area contributed by atoms with Gasteiger partial charge in [0.15, 0.2) is 6.54 Å². The maximum atomic E-state index is 12.6. The largest absolute Gasteiger partial charge is 0.288 e. The first-order valence-corrected chi connectivity index (χ1v) is 3.77. The second-order valence-electron chi connectivity index (χ2n) is 2.57. The van der Waals surface area contributed by atoms with Crippen LogP contribution in [0.25, 0.3) is 0 Å². The van der Waals surface area contributed by atoms with Gasteiger partial charge in [0.25, 0.3) is 0 Å². The summed E-state index contributed by atoms with van der Waals surface area (Å²) in [7, 11) is 0. The first-order valence-electron chi connectivity index (χ1n) is 3.77. The highest BCUT2D eigenvalue weighted by atomic mass is 19.1. The maximum absolute atomic E-state index is 12.6. The lowest BCUT2D eigenvalue weighted by molar-refractivity contribution is -0.651. The Morgan fingerprint density at radius 1 is 1.29 bits per heavy atom. The van der Waals surface area contributed by atoms with Crippen LogP contribution in [0.3, 0.4) is 0 Å². The predicted molar refractivity (Wildman–Crippen MR) is 43.3 cm³/mol. The van der Waals surface area contributed by atoms with Gasteiger partial charge in [-0.25, -0.2) is 8.78 Å². The van der Waals surface area contributed by atoms with Crippen LogP contribution < -0.4 is 5.43 Å². The SMILES string of the molecule is O=N[NH2+]CC(=O)c1cc(F)cc(F)c1. The van der Waals surface area contributed by atoms with E-state index in [0.29, 0.717) is 6.07 Å². The van der Waals surface area contributed by atoms with Crippen LogP contribution in [0.5, 0.6) is 0 Å². The van der Waals surface area contributed by atoms with Gasteiger partial charge in [-0.2, -0.15) is 5.43 Å². The second-order valence-corrected chi connectivity index (χ2v) is 2.57. The Labute approximate surface area is 77.9 Å². The molecule has 0 saturated heterocycles. The zero-order chi connectivity index (χ0) is 10.6. The number of carbonyl (C=O) groups excluding carboxylic acids is 1. The minimum absolute atomic E-state index is 0.109.